The number of carbonyl (C=O) groups is 1. The molecule has 1 aliphatic rings. The van der Waals surface area contributed by atoms with Crippen molar-refractivity contribution >= 4 is 11.6 Å². The molecule has 0 atom stereocenters. The summed E-state index contributed by atoms with van der Waals surface area (Å²) >= 11 is 0. The molecule has 16 heavy (non-hydrogen) atoms. The van der Waals surface area contributed by atoms with Gasteiger partial charge in [-0.2, -0.15) is 5.26 Å². The molecule has 1 saturated carbocycles. The van der Waals surface area contributed by atoms with Gasteiger partial charge in [0.05, 0.1) is 11.8 Å². The first-order chi connectivity index (χ1) is 7.59. The second-order valence-corrected chi connectivity index (χ2v) is 3.75. The molecule has 1 aromatic rings. The van der Waals surface area contributed by atoms with Crippen molar-refractivity contribution in [2.45, 2.75) is 12.8 Å². The Labute approximate surface area is 90.7 Å². The van der Waals surface area contributed by atoms with Crippen molar-refractivity contribution in [1.82, 2.24) is 0 Å². The Bertz CT molecular complexity index is 489. The number of nitrogens with one attached hydrogen (secondary N) is 1. The minimum Gasteiger partial charge on any atom is -0.322 e. The van der Waals surface area contributed by atoms with Crippen LogP contribution in [0.5, 0.6) is 0 Å². The van der Waals surface area contributed by atoms with Gasteiger partial charge in [0.2, 0.25) is 5.91 Å². The molecule has 1 aliphatic carbocycles. The molecule has 3 nitrogen and oxygen atoms in total. The smallest absolute Gasteiger partial charge is 0.244 e. The van der Waals surface area contributed by atoms with E-state index in [0.717, 1.165) is 6.07 Å². The van der Waals surface area contributed by atoms with Crippen molar-refractivity contribution in [3.8, 4) is 6.07 Å². The average molecular weight is 222 g/mol. The molecule has 1 N–H and O–H groups in total. The SMILES string of the molecule is N#CC1(C(=O)Nc2cccc(F)c2F)CC1. The van der Waals surface area contributed by atoms with E-state index in [9.17, 15) is 13.6 Å². The molecule has 1 fully saturated rings. The number of carbonyl (C=O) groups excluding carboxylic acids is 1. The summed E-state index contributed by atoms with van der Waals surface area (Å²) in [5.41, 5.74) is -1.27. The molecular weight excluding hydrogens is 214 g/mol. The van der Waals surface area contributed by atoms with Crippen LogP contribution in [0.2, 0.25) is 0 Å². The molecule has 1 aromatic carbocycles. The Hall–Kier alpha value is -1.96. The van der Waals surface area contributed by atoms with Crippen LogP contribution in [0.15, 0.2) is 18.2 Å². The summed E-state index contributed by atoms with van der Waals surface area (Å²) in [6, 6.07) is 5.38. The van der Waals surface area contributed by atoms with Gasteiger partial charge in [-0.25, -0.2) is 8.78 Å². The van der Waals surface area contributed by atoms with Crippen LogP contribution < -0.4 is 5.32 Å². The third-order valence-electron chi connectivity index (χ3n) is 2.60. The molecule has 0 radical (unpaired) electrons. The standard InChI is InChI=1S/C11H8F2N2O/c12-7-2-1-3-8(9(7)13)15-10(16)11(6-14)4-5-11/h1-3H,4-5H2,(H,15,16). The summed E-state index contributed by atoms with van der Waals surface area (Å²) in [7, 11) is 0. The lowest BCUT2D eigenvalue weighted by atomic mass is 10.1. The molecule has 0 unspecified atom stereocenters. The van der Waals surface area contributed by atoms with Crippen molar-refractivity contribution < 1.29 is 13.6 Å². The van der Waals surface area contributed by atoms with E-state index in [0.29, 0.717) is 12.8 Å². The number of anilines is 1. The molecule has 5 heteroatoms. The van der Waals surface area contributed by atoms with Gasteiger partial charge in [-0.3, -0.25) is 4.79 Å². The Morgan fingerprint density at radius 3 is 2.69 bits per heavy atom. The minimum atomic E-state index is -1.11. The van der Waals surface area contributed by atoms with E-state index < -0.39 is 23.0 Å². The first-order valence-corrected chi connectivity index (χ1v) is 4.76. The van der Waals surface area contributed by atoms with Crippen molar-refractivity contribution in [3.05, 3.63) is 29.8 Å². The molecule has 0 aliphatic heterocycles. The average Bonchev–Trinajstić information content (AvgIpc) is 3.05. The summed E-state index contributed by atoms with van der Waals surface area (Å²) in [5.74, 6) is -2.70. The fraction of sp³-hybridized carbons (Fsp3) is 0.273. The van der Waals surface area contributed by atoms with Gasteiger partial charge in [-0.05, 0) is 25.0 Å². The van der Waals surface area contributed by atoms with Gasteiger partial charge in [0.1, 0.15) is 5.41 Å². The van der Waals surface area contributed by atoms with Crippen molar-refractivity contribution in [2.24, 2.45) is 5.41 Å². The highest BCUT2D eigenvalue weighted by Gasteiger charge is 2.50. The largest absolute Gasteiger partial charge is 0.322 e. The Balaban J connectivity index is 2.20. The number of nitriles is 1. The first kappa shape index (κ1) is 10.6. The molecule has 0 bridgehead atoms. The molecule has 0 heterocycles. The maximum atomic E-state index is 13.2. The van der Waals surface area contributed by atoms with Crippen molar-refractivity contribution in [3.63, 3.8) is 0 Å². The highest BCUT2D eigenvalue weighted by atomic mass is 19.2. The van der Waals surface area contributed by atoms with Gasteiger partial charge in [0, 0.05) is 0 Å². The Morgan fingerprint density at radius 2 is 2.12 bits per heavy atom. The van der Waals surface area contributed by atoms with Gasteiger partial charge in [0.15, 0.2) is 11.6 Å². The van der Waals surface area contributed by atoms with Crippen LogP contribution in [0.25, 0.3) is 0 Å². The van der Waals surface area contributed by atoms with Crippen LogP contribution in [0, 0.1) is 28.4 Å². The van der Waals surface area contributed by atoms with Crippen LogP contribution in [0.4, 0.5) is 14.5 Å². The normalized spacial score (nSPS) is 16.3. The topological polar surface area (TPSA) is 52.9 Å². The Kier molecular flexibility index (Phi) is 2.35. The molecule has 0 aromatic heterocycles. The van der Waals surface area contributed by atoms with E-state index >= 15 is 0 Å². The van der Waals surface area contributed by atoms with E-state index in [1.807, 2.05) is 6.07 Å². The van der Waals surface area contributed by atoms with Gasteiger partial charge in [0.25, 0.3) is 0 Å². The van der Waals surface area contributed by atoms with Crippen molar-refractivity contribution in [1.29, 1.82) is 5.26 Å². The lowest BCUT2D eigenvalue weighted by molar-refractivity contribution is -0.119. The second-order valence-electron chi connectivity index (χ2n) is 3.75. The van der Waals surface area contributed by atoms with E-state index in [1.54, 1.807) is 0 Å². The highest BCUT2D eigenvalue weighted by molar-refractivity contribution is 5.99. The third-order valence-corrected chi connectivity index (χ3v) is 2.60. The quantitative estimate of drug-likeness (QED) is 0.833. The van der Waals surface area contributed by atoms with Gasteiger partial charge in [-0.15, -0.1) is 0 Å². The first-order valence-electron chi connectivity index (χ1n) is 4.76. The van der Waals surface area contributed by atoms with Gasteiger partial charge in [-0.1, -0.05) is 6.07 Å². The number of halogens is 2. The molecule has 1 amide bonds. The fourth-order valence-electron chi connectivity index (χ4n) is 1.36. The highest BCUT2D eigenvalue weighted by Crippen LogP contribution is 2.45. The minimum absolute atomic E-state index is 0.230. The van der Waals surface area contributed by atoms with Crippen molar-refractivity contribution in [2.75, 3.05) is 5.32 Å². The number of rotatable bonds is 2. The lowest BCUT2D eigenvalue weighted by Crippen LogP contribution is -2.23. The molecule has 2 rings (SSSR count). The molecule has 82 valence electrons. The van der Waals surface area contributed by atoms with E-state index in [1.165, 1.54) is 12.1 Å². The zero-order valence-corrected chi connectivity index (χ0v) is 8.26. The van der Waals surface area contributed by atoms with Gasteiger partial charge >= 0.3 is 0 Å². The van der Waals surface area contributed by atoms with Gasteiger partial charge < -0.3 is 5.32 Å². The summed E-state index contributed by atoms with van der Waals surface area (Å²) in [5, 5.41) is 11.0. The predicted octanol–water partition coefficient (Wildman–Crippen LogP) is 2.21. The van der Waals surface area contributed by atoms with E-state index in [4.69, 9.17) is 5.26 Å². The maximum Gasteiger partial charge on any atom is 0.244 e. The number of nitrogens with zero attached hydrogens (tertiary/aromatic N) is 1. The van der Waals surface area contributed by atoms with Crippen LogP contribution in [-0.4, -0.2) is 5.91 Å². The summed E-state index contributed by atoms with van der Waals surface area (Å²) in [6.45, 7) is 0. The number of benzene rings is 1. The zero-order valence-electron chi connectivity index (χ0n) is 8.26. The van der Waals surface area contributed by atoms with E-state index in [-0.39, 0.29) is 5.69 Å². The molecule has 0 spiro atoms. The summed E-state index contributed by atoms with van der Waals surface area (Å²) in [4.78, 5) is 11.6. The van der Waals surface area contributed by atoms with Crippen LogP contribution in [0.3, 0.4) is 0 Å². The maximum absolute atomic E-state index is 13.2. The van der Waals surface area contributed by atoms with Crippen LogP contribution in [-0.2, 0) is 4.79 Å². The predicted molar refractivity (Wildman–Crippen MR) is 52.3 cm³/mol. The lowest BCUT2D eigenvalue weighted by Gasteiger charge is -2.08. The molecular formula is C11H8F2N2O. The fourth-order valence-corrected chi connectivity index (χ4v) is 1.36. The number of amides is 1. The van der Waals surface area contributed by atoms with Crippen LogP contribution in [0.1, 0.15) is 12.8 Å². The van der Waals surface area contributed by atoms with E-state index in [2.05, 4.69) is 5.32 Å². The Morgan fingerprint density at radius 1 is 1.44 bits per heavy atom. The monoisotopic (exact) mass is 222 g/mol. The summed E-state index contributed by atoms with van der Waals surface area (Å²) < 4.78 is 26.0. The van der Waals surface area contributed by atoms with Crippen LogP contribution >= 0.6 is 0 Å². The third kappa shape index (κ3) is 1.63. The number of hydrogen-bond donors (Lipinski definition) is 1. The second kappa shape index (κ2) is 3.56. The summed E-state index contributed by atoms with van der Waals surface area (Å²) in [6.07, 6.45) is 0.929. The number of hydrogen-bond acceptors (Lipinski definition) is 2. The zero-order chi connectivity index (χ0) is 11.8. The molecule has 0 saturated heterocycles.